The zero-order valence-electron chi connectivity index (χ0n) is 23.6. The molecule has 41 heavy (non-hydrogen) atoms. The lowest BCUT2D eigenvalue weighted by Gasteiger charge is -2.27. The van der Waals surface area contributed by atoms with E-state index in [1.165, 1.54) is 37.3 Å². The fourth-order valence-electron chi connectivity index (χ4n) is 4.38. The minimum Gasteiger partial charge on any atom is -0.497 e. The van der Waals surface area contributed by atoms with Gasteiger partial charge in [-0.05, 0) is 87.7 Å². The zero-order valence-corrected chi connectivity index (χ0v) is 24.4. The Kier molecular flexibility index (Phi) is 8.35. The topological polar surface area (TPSA) is 71.9 Å². The van der Waals surface area contributed by atoms with Gasteiger partial charge in [0.2, 0.25) is 0 Å². The maximum Gasteiger partial charge on any atom is 0.416 e. The minimum atomic E-state index is -4.41. The molecule has 1 heterocycles. The first kappa shape index (κ1) is 29.9. The van der Waals surface area contributed by atoms with Crippen molar-refractivity contribution in [2.24, 2.45) is 0 Å². The number of carboxylic acids is 1. The van der Waals surface area contributed by atoms with E-state index in [-0.39, 0.29) is 0 Å². The minimum absolute atomic E-state index is 0.450. The summed E-state index contributed by atoms with van der Waals surface area (Å²) in [6, 6.07) is 16.5. The fraction of sp³-hybridized carbons (Fsp3) is 0.290. The van der Waals surface area contributed by atoms with Gasteiger partial charge in [0.25, 0.3) is 0 Å². The molecule has 216 valence electrons. The lowest BCUT2D eigenvalue weighted by molar-refractivity contribution is -0.152. The van der Waals surface area contributed by atoms with E-state index in [1.807, 2.05) is 57.2 Å². The van der Waals surface area contributed by atoms with Crippen LogP contribution in [0.15, 0.2) is 60.7 Å². The lowest BCUT2D eigenvalue weighted by Crippen LogP contribution is -2.38. The summed E-state index contributed by atoms with van der Waals surface area (Å²) < 4.78 is 50.4. The summed E-state index contributed by atoms with van der Waals surface area (Å²) in [6.07, 6.45) is -4.41. The van der Waals surface area contributed by atoms with Crippen molar-refractivity contribution in [3.05, 3.63) is 88.6 Å². The number of anilines is 2. The molecule has 4 rings (SSSR count). The van der Waals surface area contributed by atoms with Crippen LogP contribution in [0.3, 0.4) is 0 Å². The average Bonchev–Trinajstić information content (AvgIpc) is 3.30. The molecular formula is C31H31F3N2O4S. The number of nitrogens with zero attached hydrogens (tertiary/aromatic N) is 2. The highest BCUT2D eigenvalue weighted by Crippen LogP contribution is 2.41. The predicted octanol–water partition coefficient (Wildman–Crippen LogP) is 8.34. The Morgan fingerprint density at radius 3 is 2.07 bits per heavy atom. The Hall–Kier alpha value is -4.05. The second-order valence-electron chi connectivity index (χ2n) is 10.2. The Balaban J connectivity index is 1.73. The van der Waals surface area contributed by atoms with Gasteiger partial charge in [-0.3, -0.25) is 0 Å². The van der Waals surface area contributed by atoms with Gasteiger partial charge in [-0.1, -0.05) is 35.6 Å². The largest absolute Gasteiger partial charge is 0.497 e. The third-order valence-electron chi connectivity index (χ3n) is 6.59. The number of aliphatic carboxylic acids is 1. The molecule has 3 aromatic carbocycles. The Labute approximate surface area is 241 Å². The number of hydrogen-bond acceptors (Lipinski definition) is 6. The number of alkyl halides is 3. The Morgan fingerprint density at radius 1 is 0.976 bits per heavy atom. The van der Waals surface area contributed by atoms with Gasteiger partial charge in [-0.25, -0.2) is 9.78 Å². The molecule has 0 saturated heterocycles. The van der Waals surface area contributed by atoms with E-state index in [2.05, 4.69) is 4.90 Å². The van der Waals surface area contributed by atoms with Gasteiger partial charge in [0.05, 0.1) is 18.4 Å². The van der Waals surface area contributed by atoms with Gasteiger partial charge < -0.3 is 19.5 Å². The number of ether oxygens (including phenoxy) is 2. The first-order valence-corrected chi connectivity index (χ1v) is 13.6. The molecule has 0 amide bonds. The number of carbonyl (C=O) groups is 1. The molecule has 1 aromatic heterocycles. The summed E-state index contributed by atoms with van der Waals surface area (Å²) in [7, 11) is 1.59. The van der Waals surface area contributed by atoms with E-state index in [9.17, 15) is 23.1 Å². The summed E-state index contributed by atoms with van der Waals surface area (Å²) in [5.41, 5.74) is 2.67. The highest BCUT2D eigenvalue weighted by Gasteiger charge is 2.31. The predicted molar refractivity (Wildman–Crippen MR) is 154 cm³/mol. The molecule has 0 radical (unpaired) electrons. The molecule has 10 heteroatoms. The quantitative estimate of drug-likeness (QED) is 0.213. The van der Waals surface area contributed by atoms with Crippen LogP contribution in [0.2, 0.25) is 0 Å². The second-order valence-corrected chi connectivity index (χ2v) is 11.2. The van der Waals surface area contributed by atoms with Crippen molar-refractivity contribution in [1.29, 1.82) is 0 Å². The van der Waals surface area contributed by atoms with E-state index >= 15 is 0 Å². The zero-order chi connectivity index (χ0) is 30.1. The number of aryl methyl sites for hydroxylation is 3. The number of benzene rings is 3. The van der Waals surface area contributed by atoms with Crippen LogP contribution in [0.4, 0.5) is 23.9 Å². The number of thiazole rings is 1. The van der Waals surface area contributed by atoms with E-state index in [0.717, 1.165) is 45.2 Å². The summed E-state index contributed by atoms with van der Waals surface area (Å²) >= 11 is 1.39. The third kappa shape index (κ3) is 6.65. The third-order valence-corrected chi connectivity index (χ3v) is 7.82. The highest BCUT2D eigenvalue weighted by atomic mass is 32.1. The summed E-state index contributed by atoms with van der Waals surface area (Å²) in [6.45, 7) is 9.09. The van der Waals surface area contributed by atoms with Gasteiger partial charge in [-0.2, -0.15) is 13.2 Å². The van der Waals surface area contributed by atoms with Crippen LogP contribution < -0.4 is 14.4 Å². The first-order valence-electron chi connectivity index (χ1n) is 12.8. The summed E-state index contributed by atoms with van der Waals surface area (Å²) in [4.78, 5) is 18.4. The van der Waals surface area contributed by atoms with Crippen molar-refractivity contribution in [2.75, 3.05) is 12.0 Å². The molecule has 0 aliphatic carbocycles. The maximum atomic E-state index is 13.1. The molecule has 0 aliphatic heterocycles. The van der Waals surface area contributed by atoms with Crippen molar-refractivity contribution in [2.45, 2.75) is 52.9 Å². The Bertz CT molecular complexity index is 1520. The number of hydrogen-bond donors (Lipinski definition) is 1. The molecule has 0 aliphatic rings. The fourth-order valence-corrected chi connectivity index (χ4v) is 5.47. The van der Waals surface area contributed by atoms with Crippen LogP contribution in [0.5, 0.6) is 11.5 Å². The number of halogens is 3. The van der Waals surface area contributed by atoms with Crippen LogP contribution in [0, 0.1) is 20.8 Å². The summed E-state index contributed by atoms with van der Waals surface area (Å²) in [5.74, 6) is 0.167. The molecule has 0 bridgehead atoms. The SMILES string of the molecule is COc1ccc(N(Cc2cc(C)c(OC(C)(C)C(=O)O)c(C)c2)c2sc(-c3ccc(C(F)(F)F)cc3)nc2C)cc1. The number of rotatable bonds is 9. The average molecular weight is 585 g/mol. The van der Waals surface area contributed by atoms with Crippen molar-refractivity contribution in [3.63, 3.8) is 0 Å². The van der Waals surface area contributed by atoms with Crippen LogP contribution in [0.1, 0.15) is 41.8 Å². The van der Waals surface area contributed by atoms with Gasteiger partial charge in [-0.15, -0.1) is 0 Å². The van der Waals surface area contributed by atoms with Crippen molar-refractivity contribution in [3.8, 4) is 22.1 Å². The van der Waals surface area contributed by atoms with E-state index in [1.54, 1.807) is 7.11 Å². The van der Waals surface area contributed by atoms with Crippen LogP contribution in [0.25, 0.3) is 10.6 Å². The maximum absolute atomic E-state index is 13.1. The lowest BCUT2D eigenvalue weighted by atomic mass is 10.0. The smallest absolute Gasteiger partial charge is 0.416 e. The molecule has 0 fully saturated rings. The van der Waals surface area contributed by atoms with Gasteiger partial charge in [0.15, 0.2) is 5.60 Å². The molecule has 1 N–H and O–H groups in total. The van der Waals surface area contributed by atoms with E-state index < -0.39 is 23.3 Å². The number of methoxy groups -OCH3 is 1. The van der Waals surface area contributed by atoms with Gasteiger partial charge >= 0.3 is 12.1 Å². The first-order chi connectivity index (χ1) is 19.2. The molecule has 0 atom stereocenters. The highest BCUT2D eigenvalue weighted by molar-refractivity contribution is 7.19. The molecule has 0 spiro atoms. The van der Waals surface area contributed by atoms with Crippen LogP contribution >= 0.6 is 11.3 Å². The Morgan fingerprint density at radius 2 is 1.56 bits per heavy atom. The van der Waals surface area contributed by atoms with Crippen LogP contribution in [-0.2, 0) is 17.5 Å². The molecule has 6 nitrogen and oxygen atoms in total. The van der Waals surface area contributed by atoms with Gasteiger partial charge in [0, 0.05) is 17.8 Å². The molecule has 4 aromatic rings. The monoisotopic (exact) mass is 584 g/mol. The second kappa shape index (κ2) is 11.4. The van der Waals surface area contributed by atoms with E-state index in [4.69, 9.17) is 14.5 Å². The molecule has 0 unspecified atom stereocenters. The van der Waals surface area contributed by atoms with Gasteiger partial charge in [0.1, 0.15) is 21.5 Å². The normalized spacial score (nSPS) is 11.8. The van der Waals surface area contributed by atoms with Crippen molar-refractivity contribution < 1.29 is 32.5 Å². The van der Waals surface area contributed by atoms with Crippen LogP contribution in [-0.4, -0.2) is 28.8 Å². The van der Waals surface area contributed by atoms with Crippen molar-refractivity contribution >= 4 is 28.0 Å². The number of carboxylic acid groups (broad SMARTS) is 1. The standard InChI is InChI=1S/C31H31F3N2O4S/c1-18-15-21(16-19(2)26(18)40-30(4,5)29(37)38)17-36(24-11-13-25(39-6)14-12-24)28-20(3)35-27(41-28)22-7-9-23(10-8-22)31(32,33)34/h7-16H,17H2,1-6H3,(H,37,38). The van der Waals surface area contributed by atoms with Crippen molar-refractivity contribution in [1.82, 2.24) is 4.98 Å². The van der Waals surface area contributed by atoms with E-state index in [0.29, 0.717) is 28.6 Å². The molecule has 0 saturated carbocycles. The molecular weight excluding hydrogens is 553 g/mol. The summed E-state index contributed by atoms with van der Waals surface area (Å²) in [5, 5.41) is 11.0. The number of aromatic nitrogens is 1.